The summed E-state index contributed by atoms with van der Waals surface area (Å²) in [5.41, 5.74) is 3.00. The molecule has 1 saturated heterocycles. The average molecular weight is 417 g/mol. The lowest BCUT2D eigenvalue weighted by atomic mass is 9.97. The Bertz CT molecular complexity index is 992. The maximum Gasteiger partial charge on any atom is 0.224 e. The number of hydrogen-bond donors (Lipinski definition) is 1. The standard InChI is InChI=1S/C25H28N4O2/c1-31-23-12-6-5-10-20(23)15-16-26-25(30)21-11-7-17-29(18-21)24-14-13-22(27-28-24)19-8-3-2-4-9-19/h2-6,8-10,12-14,21H,7,11,15-18H2,1H3,(H,26,30). The number of carbonyl (C=O) groups is 1. The molecule has 1 N–H and O–H groups in total. The Morgan fingerprint density at radius 3 is 2.65 bits per heavy atom. The molecule has 3 aromatic rings. The van der Waals surface area contributed by atoms with Crippen LogP contribution in [0.15, 0.2) is 66.7 Å². The normalized spacial score (nSPS) is 16.0. The summed E-state index contributed by atoms with van der Waals surface area (Å²) in [6.45, 7) is 2.16. The van der Waals surface area contributed by atoms with Crippen molar-refractivity contribution in [3.8, 4) is 17.0 Å². The van der Waals surface area contributed by atoms with E-state index in [2.05, 4.69) is 20.4 Å². The summed E-state index contributed by atoms with van der Waals surface area (Å²) in [6.07, 6.45) is 2.61. The van der Waals surface area contributed by atoms with Gasteiger partial charge in [0.2, 0.25) is 5.91 Å². The molecule has 0 saturated carbocycles. The molecule has 2 aromatic carbocycles. The third kappa shape index (κ3) is 5.20. The van der Waals surface area contributed by atoms with Crippen LogP contribution in [0.2, 0.25) is 0 Å². The van der Waals surface area contributed by atoms with E-state index in [1.54, 1.807) is 7.11 Å². The predicted octanol–water partition coefficient (Wildman–Crippen LogP) is 3.73. The van der Waals surface area contributed by atoms with Gasteiger partial charge in [-0.2, -0.15) is 0 Å². The number of carbonyl (C=O) groups excluding carboxylic acids is 1. The van der Waals surface area contributed by atoms with Crippen molar-refractivity contribution >= 4 is 11.7 Å². The Labute approximate surface area is 183 Å². The Hall–Kier alpha value is -3.41. The zero-order chi connectivity index (χ0) is 21.5. The van der Waals surface area contributed by atoms with E-state index in [0.717, 1.165) is 54.2 Å². The van der Waals surface area contributed by atoms with Crippen LogP contribution in [0.25, 0.3) is 11.3 Å². The lowest BCUT2D eigenvalue weighted by Crippen LogP contribution is -2.43. The first-order valence-corrected chi connectivity index (χ1v) is 10.8. The fraction of sp³-hybridized carbons (Fsp3) is 0.320. The van der Waals surface area contributed by atoms with E-state index in [0.29, 0.717) is 13.1 Å². The minimum Gasteiger partial charge on any atom is -0.496 e. The molecule has 1 fully saturated rings. The molecule has 1 atom stereocenters. The van der Waals surface area contributed by atoms with Crippen LogP contribution in [0.3, 0.4) is 0 Å². The molecule has 2 heterocycles. The topological polar surface area (TPSA) is 67.3 Å². The molecule has 6 nitrogen and oxygen atoms in total. The van der Waals surface area contributed by atoms with Gasteiger partial charge in [-0.25, -0.2) is 0 Å². The number of nitrogens with one attached hydrogen (secondary N) is 1. The summed E-state index contributed by atoms with van der Waals surface area (Å²) in [7, 11) is 1.67. The van der Waals surface area contributed by atoms with Gasteiger partial charge in [-0.15, -0.1) is 10.2 Å². The van der Waals surface area contributed by atoms with Crippen LogP contribution in [0.5, 0.6) is 5.75 Å². The summed E-state index contributed by atoms with van der Waals surface area (Å²) < 4.78 is 5.39. The molecule has 1 aliphatic rings. The third-order valence-electron chi connectivity index (χ3n) is 5.72. The largest absolute Gasteiger partial charge is 0.496 e. The van der Waals surface area contributed by atoms with Gasteiger partial charge >= 0.3 is 0 Å². The smallest absolute Gasteiger partial charge is 0.224 e. The van der Waals surface area contributed by atoms with Gasteiger partial charge in [-0.05, 0) is 43.0 Å². The fourth-order valence-corrected chi connectivity index (χ4v) is 4.03. The number of piperidine rings is 1. The maximum atomic E-state index is 12.8. The van der Waals surface area contributed by atoms with E-state index in [-0.39, 0.29) is 11.8 Å². The van der Waals surface area contributed by atoms with Crippen molar-refractivity contribution < 1.29 is 9.53 Å². The van der Waals surface area contributed by atoms with Crippen molar-refractivity contribution in [1.82, 2.24) is 15.5 Å². The van der Waals surface area contributed by atoms with Crippen LogP contribution in [0.1, 0.15) is 18.4 Å². The minimum atomic E-state index is -0.0398. The SMILES string of the molecule is COc1ccccc1CCNC(=O)C1CCCN(c2ccc(-c3ccccc3)nn2)C1. The first kappa shape index (κ1) is 20.8. The monoisotopic (exact) mass is 416 g/mol. The van der Waals surface area contributed by atoms with E-state index in [4.69, 9.17) is 4.74 Å². The zero-order valence-electron chi connectivity index (χ0n) is 17.8. The second-order valence-electron chi connectivity index (χ2n) is 7.78. The van der Waals surface area contributed by atoms with E-state index in [1.165, 1.54) is 0 Å². The Kier molecular flexibility index (Phi) is 6.77. The number of para-hydroxylation sites is 1. The molecule has 31 heavy (non-hydrogen) atoms. The van der Waals surface area contributed by atoms with Crippen LogP contribution in [-0.4, -0.2) is 42.8 Å². The van der Waals surface area contributed by atoms with Gasteiger partial charge < -0.3 is 15.0 Å². The lowest BCUT2D eigenvalue weighted by molar-refractivity contribution is -0.125. The number of ether oxygens (including phenoxy) is 1. The van der Waals surface area contributed by atoms with Gasteiger partial charge in [0.1, 0.15) is 5.75 Å². The van der Waals surface area contributed by atoms with Crippen LogP contribution >= 0.6 is 0 Å². The van der Waals surface area contributed by atoms with Crippen molar-refractivity contribution in [2.24, 2.45) is 5.92 Å². The molecule has 0 spiro atoms. The Morgan fingerprint density at radius 2 is 1.87 bits per heavy atom. The molecule has 1 amide bonds. The second-order valence-corrected chi connectivity index (χ2v) is 7.78. The van der Waals surface area contributed by atoms with E-state index in [9.17, 15) is 4.79 Å². The van der Waals surface area contributed by atoms with E-state index < -0.39 is 0 Å². The summed E-state index contributed by atoms with van der Waals surface area (Å²) in [6, 6.07) is 21.9. The highest BCUT2D eigenvalue weighted by Gasteiger charge is 2.26. The summed E-state index contributed by atoms with van der Waals surface area (Å²) in [4.78, 5) is 14.9. The predicted molar refractivity (Wildman–Crippen MR) is 122 cm³/mol. The molecule has 1 aliphatic heterocycles. The molecule has 0 bridgehead atoms. The van der Waals surface area contributed by atoms with Gasteiger partial charge in [0.15, 0.2) is 5.82 Å². The van der Waals surface area contributed by atoms with E-state index >= 15 is 0 Å². The van der Waals surface area contributed by atoms with Gasteiger partial charge in [-0.1, -0.05) is 48.5 Å². The van der Waals surface area contributed by atoms with E-state index in [1.807, 2.05) is 66.7 Å². The minimum absolute atomic E-state index is 0.0398. The number of rotatable bonds is 7. The second kappa shape index (κ2) is 10.1. The van der Waals surface area contributed by atoms with Gasteiger partial charge in [0.05, 0.1) is 18.7 Å². The molecular formula is C25H28N4O2. The van der Waals surface area contributed by atoms with Crippen LogP contribution in [0, 0.1) is 5.92 Å². The fourth-order valence-electron chi connectivity index (χ4n) is 4.03. The Morgan fingerprint density at radius 1 is 1.06 bits per heavy atom. The first-order valence-electron chi connectivity index (χ1n) is 10.8. The highest BCUT2D eigenvalue weighted by molar-refractivity contribution is 5.79. The number of aromatic nitrogens is 2. The number of anilines is 1. The van der Waals surface area contributed by atoms with Gasteiger partial charge in [-0.3, -0.25) is 4.79 Å². The average Bonchev–Trinajstić information content (AvgIpc) is 2.85. The van der Waals surface area contributed by atoms with Crippen molar-refractivity contribution in [3.63, 3.8) is 0 Å². The third-order valence-corrected chi connectivity index (χ3v) is 5.72. The zero-order valence-corrected chi connectivity index (χ0v) is 17.8. The van der Waals surface area contributed by atoms with Crippen molar-refractivity contribution in [3.05, 3.63) is 72.3 Å². The molecule has 4 rings (SSSR count). The molecule has 6 heteroatoms. The number of hydrogen-bond acceptors (Lipinski definition) is 5. The lowest BCUT2D eigenvalue weighted by Gasteiger charge is -2.32. The van der Waals surface area contributed by atoms with Gasteiger partial charge in [0.25, 0.3) is 0 Å². The Balaban J connectivity index is 1.32. The van der Waals surface area contributed by atoms with Crippen LogP contribution < -0.4 is 15.0 Å². The van der Waals surface area contributed by atoms with Crippen molar-refractivity contribution in [2.75, 3.05) is 31.6 Å². The quantitative estimate of drug-likeness (QED) is 0.636. The molecule has 1 aromatic heterocycles. The summed E-state index contributed by atoms with van der Waals surface area (Å²) in [5, 5.41) is 11.9. The van der Waals surface area contributed by atoms with Crippen LogP contribution in [0.4, 0.5) is 5.82 Å². The van der Waals surface area contributed by atoms with Crippen molar-refractivity contribution in [1.29, 1.82) is 0 Å². The molecule has 160 valence electrons. The van der Waals surface area contributed by atoms with Crippen LogP contribution in [-0.2, 0) is 11.2 Å². The number of methoxy groups -OCH3 is 1. The molecule has 0 radical (unpaired) electrons. The first-order chi connectivity index (χ1) is 15.2. The highest BCUT2D eigenvalue weighted by Crippen LogP contribution is 2.23. The maximum absolute atomic E-state index is 12.8. The summed E-state index contributed by atoms with van der Waals surface area (Å²) in [5.74, 6) is 1.75. The number of nitrogens with zero attached hydrogens (tertiary/aromatic N) is 3. The van der Waals surface area contributed by atoms with Crippen molar-refractivity contribution in [2.45, 2.75) is 19.3 Å². The highest BCUT2D eigenvalue weighted by atomic mass is 16.5. The molecule has 0 aliphatic carbocycles. The molecular weight excluding hydrogens is 388 g/mol. The number of amides is 1. The molecule has 1 unspecified atom stereocenters. The number of benzene rings is 2. The summed E-state index contributed by atoms with van der Waals surface area (Å²) >= 11 is 0. The van der Waals surface area contributed by atoms with Gasteiger partial charge in [0, 0.05) is 25.2 Å².